The first-order chi connectivity index (χ1) is 8.52. The average molecular weight is 387 g/mol. The monoisotopic (exact) mass is 384 g/mol. The molecule has 0 saturated carbocycles. The Morgan fingerprint density at radius 3 is 2.44 bits per heavy atom. The Morgan fingerprint density at radius 1 is 1.22 bits per heavy atom. The third-order valence-corrected chi connectivity index (χ3v) is 5.11. The summed E-state index contributed by atoms with van der Waals surface area (Å²) in [6.07, 6.45) is 0. The van der Waals surface area contributed by atoms with E-state index in [0.717, 1.165) is 21.3 Å². The van der Waals surface area contributed by atoms with Crippen LogP contribution in [-0.2, 0) is 0 Å². The maximum Gasteiger partial charge on any atom is 0.120 e. The molecule has 0 fully saturated rings. The molecule has 96 valence electrons. The molecule has 0 N–H and O–H groups in total. The molecule has 18 heavy (non-hydrogen) atoms. The van der Waals surface area contributed by atoms with Gasteiger partial charge in [0, 0.05) is 10.0 Å². The van der Waals surface area contributed by atoms with Crippen LogP contribution in [0.15, 0.2) is 28.7 Å². The van der Waals surface area contributed by atoms with Crippen molar-refractivity contribution < 1.29 is 4.74 Å². The third-order valence-electron chi connectivity index (χ3n) is 2.44. The molecule has 0 amide bonds. The van der Waals surface area contributed by atoms with E-state index in [4.69, 9.17) is 39.5 Å². The molecule has 0 radical (unpaired) electrons. The second kappa shape index (κ2) is 6.02. The van der Waals surface area contributed by atoms with Gasteiger partial charge in [0.05, 0.1) is 21.2 Å². The van der Waals surface area contributed by atoms with E-state index in [1.165, 1.54) is 11.3 Å². The number of benzene rings is 1. The van der Waals surface area contributed by atoms with Gasteiger partial charge in [-0.15, -0.1) is 22.9 Å². The molecule has 2 rings (SSSR count). The van der Waals surface area contributed by atoms with E-state index in [1.54, 1.807) is 13.2 Å². The summed E-state index contributed by atoms with van der Waals surface area (Å²) >= 11 is 23.3. The van der Waals surface area contributed by atoms with Crippen LogP contribution in [0.1, 0.15) is 16.5 Å². The van der Waals surface area contributed by atoms with Gasteiger partial charge in [0.2, 0.25) is 0 Å². The maximum absolute atomic E-state index is 6.44. The van der Waals surface area contributed by atoms with Crippen molar-refractivity contribution in [2.45, 2.75) is 5.38 Å². The number of hydrogen-bond donors (Lipinski definition) is 0. The number of hydrogen-bond acceptors (Lipinski definition) is 2. The van der Waals surface area contributed by atoms with Crippen LogP contribution in [0.3, 0.4) is 0 Å². The first-order valence-corrected chi connectivity index (χ1v) is 7.75. The van der Waals surface area contributed by atoms with Gasteiger partial charge in [0.15, 0.2) is 0 Å². The zero-order chi connectivity index (χ0) is 13.3. The summed E-state index contributed by atoms with van der Waals surface area (Å²) in [4.78, 5) is 0. The molecule has 1 aromatic heterocycles. The van der Waals surface area contributed by atoms with Gasteiger partial charge in [-0.1, -0.05) is 45.2 Å². The summed E-state index contributed by atoms with van der Waals surface area (Å²) in [6, 6.07) is 7.43. The topological polar surface area (TPSA) is 9.23 Å². The fourth-order valence-electron chi connectivity index (χ4n) is 1.53. The van der Waals surface area contributed by atoms with Crippen molar-refractivity contribution in [2.75, 3.05) is 7.11 Å². The predicted octanol–water partition coefficient (Wildman–Crippen LogP) is 6.15. The molecule has 0 saturated heterocycles. The van der Waals surface area contributed by atoms with Crippen LogP contribution in [0.2, 0.25) is 8.67 Å². The van der Waals surface area contributed by atoms with Crippen LogP contribution in [-0.4, -0.2) is 7.11 Å². The second-order valence-electron chi connectivity index (χ2n) is 3.53. The molecule has 1 aromatic carbocycles. The molecule has 0 spiro atoms. The largest absolute Gasteiger partial charge is 0.497 e. The SMILES string of the molecule is COc1ccc(C(Cl)c2cc(Cl)sc2Cl)c(Br)c1. The van der Waals surface area contributed by atoms with Gasteiger partial charge in [0.1, 0.15) is 5.75 Å². The lowest BCUT2D eigenvalue weighted by Crippen LogP contribution is -1.94. The van der Waals surface area contributed by atoms with Crippen molar-refractivity contribution in [3.05, 3.63) is 48.5 Å². The van der Waals surface area contributed by atoms with E-state index in [0.29, 0.717) is 8.67 Å². The molecular formula is C12H8BrCl3OS. The number of rotatable bonds is 3. The van der Waals surface area contributed by atoms with E-state index in [2.05, 4.69) is 15.9 Å². The molecule has 6 heteroatoms. The van der Waals surface area contributed by atoms with Gasteiger partial charge in [-0.05, 0) is 23.8 Å². The zero-order valence-electron chi connectivity index (χ0n) is 9.22. The van der Waals surface area contributed by atoms with E-state index in [-0.39, 0.29) is 5.38 Å². The van der Waals surface area contributed by atoms with Crippen molar-refractivity contribution >= 4 is 62.1 Å². The highest BCUT2D eigenvalue weighted by atomic mass is 79.9. The number of alkyl halides is 1. The maximum atomic E-state index is 6.44. The normalized spacial score (nSPS) is 12.5. The minimum absolute atomic E-state index is 0.346. The smallest absolute Gasteiger partial charge is 0.120 e. The quantitative estimate of drug-likeness (QED) is 0.575. The molecule has 0 aliphatic heterocycles. The molecular weight excluding hydrogens is 378 g/mol. The fourth-order valence-corrected chi connectivity index (χ4v) is 4.27. The lowest BCUT2D eigenvalue weighted by atomic mass is 10.1. The zero-order valence-corrected chi connectivity index (χ0v) is 13.9. The van der Waals surface area contributed by atoms with Crippen molar-refractivity contribution in [3.63, 3.8) is 0 Å². The van der Waals surface area contributed by atoms with Crippen LogP contribution in [0.25, 0.3) is 0 Å². The molecule has 0 bridgehead atoms. The summed E-state index contributed by atoms with van der Waals surface area (Å²) in [5.41, 5.74) is 1.74. The van der Waals surface area contributed by atoms with Gasteiger partial charge in [-0.3, -0.25) is 0 Å². The van der Waals surface area contributed by atoms with Crippen LogP contribution in [0.4, 0.5) is 0 Å². The first kappa shape index (κ1) is 14.5. The van der Waals surface area contributed by atoms with Crippen LogP contribution < -0.4 is 4.74 Å². The minimum Gasteiger partial charge on any atom is -0.497 e. The molecule has 1 unspecified atom stereocenters. The summed E-state index contributed by atoms with van der Waals surface area (Å²) < 4.78 is 7.26. The standard InChI is InChI=1S/C12H8BrCl3OS/c1-17-6-2-3-7(9(13)4-6)11(15)8-5-10(14)18-12(8)16/h2-5,11H,1H3. The highest BCUT2D eigenvalue weighted by Gasteiger charge is 2.19. The molecule has 0 aliphatic carbocycles. The number of methoxy groups -OCH3 is 1. The van der Waals surface area contributed by atoms with Crippen LogP contribution in [0.5, 0.6) is 5.75 Å². The fraction of sp³-hybridized carbons (Fsp3) is 0.167. The Labute approximate surface area is 133 Å². The molecule has 1 heterocycles. The van der Waals surface area contributed by atoms with Crippen LogP contribution in [0, 0.1) is 0 Å². The lowest BCUT2D eigenvalue weighted by Gasteiger charge is -2.12. The highest BCUT2D eigenvalue weighted by molar-refractivity contribution is 9.10. The predicted molar refractivity (Wildman–Crippen MR) is 82.7 cm³/mol. The average Bonchev–Trinajstić information content (AvgIpc) is 2.67. The lowest BCUT2D eigenvalue weighted by molar-refractivity contribution is 0.414. The van der Waals surface area contributed by atoms with Gasteiger partial charge in [-0.25, -0.2) is 0 Å². The Morgan fingerprint density at radius 2 is 1.94 bits per heavy atom. The summed E-state index contributed by atoms with van der Waals surface area (Å²) in [5.74, 6) is 0.768. The Hall–Kier alpha value is 0.0700. The van der Waals surface area contributed by atoms with Crippen molar-refractivity contribution in [1.82, 2.24) is 0 Å². The van der Waals surface area contributed by atoms with Gasteiger partial charge < -0.3 is 4.74 Å². The molecule has 1 nitrogen and oxygen atoms in total. The van der Waals surface area contributed by atoms with Crippen molar-refractivity contribution in [2.24, 2.45) is 0 Å². The second-order valence-corrected chi connectivity index (χ2v) is 7.11. The van der Waals surface area contributed by atoms with E-state index in [1.807, 2.05) is 18.2 Å². The van der Waals surface area contributed by atoms with Gasteiger partial charge in [0.25, 0.3) is 0 Å². The number of thiophene rings is 1. The molecule has 1 atom stereocenters. The Bertz CT molecular complexity index is 570. The summed E-state index contributed by atoms with van der Waals surface area (Å²) in [6.45, 7) is 0. The number of ether oxygens (including phenoxy) is 1. The Balaban J connectivity index is 2.39. The molecule has 2 aromatic rings. The van der Waals surface area contributed by atoms with E-state index >= 15 is 0 Å². The van der Waals surface area contributed by atoms with E-state index < -0.39 is 0 Å². The summed E-state index contributed by atoms with van der Waals surface area (Å²) in [5, 5.41) is -0.346. The molecule has 0 aliphatic rings. The highest BCUT2D eigenvalue weighted by Crippen LogP contribution is 2.42. The minimum atomic E-state index is -0.346. The van der Waals surface area contributed by atoms with Crippen molar-refractivity contribution in [1.29, 1.82) is 0 Å². The third kappa shape index (κ3) is 2.97. The van der Waals surface area contributed by atoms with Crippen LogP contribution >= 0.6 is 62.1 Å². The van der Waals surface area contributed by atoms with E-state index in [9.17, 15) is 0 Å². The number of halogens is 4. The van der Waals surface area contributed by atoms with Gasteiger partial charge >= 0.3 is 0 Å². The summed E-state index contributed by atoms with van der Waals surface area (Å²) in [7, 11) is 1.62. The van der Waals surface area contributed by atoms with Gasteiger partial charge in [-0.2, -0.15) is 0 Å². The van der Waals surface area contributed by atoms with Crippen molar-refractivity contribution in [3.8, 4) is 5.75 Å². The first-order valence-electron chi connectivity index (χ1n) is 4.95. The Kier molecular flexibility index (Phi) is 4.84.